The van der Waals surface area contributed by atoms with Gasteiger partial charge in [0.2, 0.25) is 0 Å². The van der Waals surface area contributed by atoms with E-state index in [9.17, 15) is 15.0 Å². The Bertz CT molecular complexity index is 224. The smallest absolute Gasteiger partial charge is 0.306 e. The molecular weight excluding hydrogens is 184 g/mol. The highest BCUT2D eigenvalue weighted by atomic mass is 16.6. The van der Waals surface area contributed by atoms with Crippen LogP contribution in [0.1, 0.15) is 26.2 Å². The van der Waals surface area contributed by atoms with Crippen LogP contribution < -0.4 is 0 Å². The van der Waals surface area contributed by atoms with Gasteiger partial charge in [0.1, 0.15) is 12.2 Å². The van der Waals surface area contributed by atoms with Gasteiger partial charge in [0.25, 0.3) is 0 Å². The Kier molecular flexibility index (Phi) is 4.10. The molecule has 4 nitrogen and oxygen atoms in total. The predicted molar refractivity (Wildman–Crippen MR) is 50.6 cm³/mol. The molecule has 2 N–H and O–H groups in total. The van der Waals surface area contributed by atoms with Gasteiger partial charge in [-0.2, -0.15) is 0 Å². The lowest BCUT2D eigenvalue weighted by molar-refractivity contribution is -0.152. The number of rotatable bonds is 0. The van der Waals surface area contributed by atoms with Gasteiger partial charge in [-0.1, -0.05) is 12.2 Å². The van der Waals surface area contributed by atoms with Gasteiger partial charge in [-0.05, 0) is 19.8 Å². The maximum atomic E-state index is 11.1. The molecule has 0 saturated carbocycles. The highest BCUT2D eigenvalue weighted by molar-refractivity contribution is 5.69. The van der Waals surface area contributed by atoms with Gasteiger partial charge in [-0.25, -0.2) is 0 Å². The number of hydrogen-bond donors (Lipinski definition) is 2. The van der Waals surface area contributed by atoms with E-state index in [1.165, 1.54) is 0 Å². The summed E-state index contributed by atoms with van der Waals surface area (Å²) >= 11 is 0. The summed E-state index contributed by atoms with van der Waals surface area (Å²) in [5, 5.41) is 18.8. The summed E-state index contributed by atoms with van der Waals surface area (Å²) in [7, 11) is 0. The van der Waals surface area contributed by atoms with Gasteiger partial charge in [0.15, 0.2) is 0 Å². The fourth-order valence-corrected chi connectivity index (χ4v) is 1.27. The Hall–Kier alpha value is -0.870. The van der Waals surface area contributed by atoms with E-state index in [-0.39, 0.29) is 12.4 Å². The molecule has 0 aromatic carbocycles. The van der Waals surface area contributed by atoms with E-state index in [4.69, 9.17) is 4.74 Å². The van der Waals surface area contributed by atoms with E-state index in [1.54, 1.807) is 19.1 Å². The fraction of sp³-hybridized carbons (Fsp3) is 0.700. The Labute approximate surface area is 83.2 Å². The van der Waals surface area contributed by atoms with Crippen LogP contribution in [0.25, 0.3) is 0 Å². The highest BCUT2D eigenvalue weighted by Gasteiger charge is 2.18. The molecule has 1 aliphatic heterocycles. The van der Waals surface area contributed by atoms with Crippen LogP contribution in [0.15, 0.2) is 12.2 Å². The van der Waals surface area contributed by atoms with Crippen molar-refractivity contribution in [2.75, 3.05) is 0 Å². The van der Waals surface area contributed by atoms with Gasteiger partial charge < -0.3 is 14.9 Å². The molecule has 0 spiro atoms. The van der Waals surface area contributed by atoms with E-state index in [2.05, 4.69) is 0 Å². The second-order valence-electron chi connectivity index (χ2n) is 3.54. The van der Waals surface area contributed by atoms with Gasteiger partial charge in [-0.3, -0.25) is 4.79 Å². The summed E-state index contributed by atoms with van der Waals surface area (Å²) in [5.41, 5.74) is 0. The van der Waals surface area contributed by atoms with E-state index in [1.807, 2.05) is 0 Å². The first-order chi connectivity index (χ1) is 6.59. The average molecular weight is 200 g/mol. The van der Waals surface area contributed by atoms with Crippen LogP contribution in [0.2, 0.25) is 0 Å². The largest absolute Gasteiger partial charge is 0.460 e. The minimum atomic E-state index is -0.788. The third-order valence-corrected chi connectivity index (χ3v) is 2.22. The van der Waals surface area contributed by atoms with Crippen molar-refractivity contribution >= 4 is 5.97 Å². The van der Waals surface area contributed by atoms with Crippen molar-refractivity contribution in [3.8, 4) is 0 Å². The van der Waals surface area contributed by atoms with Gasteiger partial charge in [0.05, 0.1) is 6.10 Å². The van der Waals surface area contributed by atoms with Crippen molar-refractivity contribution in [2.24, 2.45) is 0 Å². The number of aliphatic hydroxyl groups excluding tert-OH is 2. The molecule has 3 atom stereocenters. The van der Waals surface area contributed by atoms with Crippen LogP contribution in [-0.2, 0) is 9.53 Å². The SMILES string of the molecule is C[C@H]1OC(=O)CC[C@H](O)C/C=C\[C@H]1O. The molecule has 0 unspecified atom stereocenters. The lowest BCUT2D eigenvalue weighted by atomic mass is 10.1. The average Bonchev–Trinajstić information content (AvgIpc) is 2.13. The van der Waals surface area contributed by atoms with Crippen molar-refractivity contribution in [1.82, 2.24) is 0 Å². The van der Waals surface area contributed by atoms with E-state index < -0.39 is 18.3 Å². The third kappa shape index (κ3) is 3.47. The van der Waals surface area contributed by atoms with Gasteiger partial charge >= 0.3 is 5.97 Å². The molecule has 0 radical (unpaired) electrons. The molecule has 1 aliphatic rings. The molecule has 0 aromatic rings. The van der Waals surface area contributed by atoms with E-state index in [0.717, 1.165) is 0 Å². The second kappa shape index (κ2) is 5.12. The second-order valence-corrected chi connectivity index (χ2v) is 3.54. The summed E-state index contributed by atoms with van der Waals surface area (Å²) in [6.07, 6.45) is 2.50. The van der Waals surface area contributed by atoms with Crippen molar-refractivity contribution in [1.29, 1.82) is 0 Å². The molecule has 0 aliphatic carbocycles. The van der Waals surface area contributed by atoms with Crippen LogP contribution in [-0.4, -0.2) is 34.5 Å². The molecule has 0 aromatic heterocycles. The summed E-state index contributed by atoms with van der Waals surface area (Å²) < 4.78 is 4.94. The van der Waals surface area contributed by atoms with Crippen LogP contribution in [0.3, 0.4) is 0 Å². The zero-order valence-electron chi connectivity index (χ0n) is 8.22. The number of esters is 1. The molecule has 0 saturated heterocycles. The zero-order valence-corrected chi connectivity index (χ0v) is 8.22. The maximum Gasteiger partial charge on any atom is 0.306 e. The fourth-order valence-electron chi connectivity index (χ4n) is 1.27. The number of carbonyl (C=O) groups is 1. The standard InChI is InChI=1S/C10H16O4/c1-7-9(12)4-2-3-8(11)5-6-10(13)14-7/h2,4,7-9,11-12H,3,5-6H2,1H3/b4-2-/t7-,8-,9-/m1/s1. The molecule has 14 heavy (non-hydrogen) atoms. The molecular formula is C10H16O4. The Morgan fingerprint density at radius 3 is 2.93 bits per heavy atom. The van der Waals surface area contributed by atoms with Crippen molar-refractivity contribution in [3.05, 3.63) is 12.2 Å². The van der Waals surface area contributed by atoms with Crippen molar-refractivity contribution in [2.45, 2.75) is 44.5 Å². The molecule has 0 amide bonds. The highest BCUT2D eigenvalue weighted by Crippen LogP contribution is 2.10. The number of hydrogen-bond acceptors (Lipinski definition) is 4. The Morgan fingerprint density at radius 2 is 2.21 bits per heavy atom. The molecule has 1 rings (SSSR count). The van der Waals surface area contributed by atoms with E-state index in [0.29, 0.717) is 12.8 Å². The normalized spacial score (nSPS) is 37.4. The first-order valence-electron chi connectivity index (χ1n) is 4.82. The van der Waals surface area contributed by atoms with Crippen LogP contribution in [0.4, 0.5) is 0 Å². The lowest BCUT2D eigenvalue weighted by Crippen LogP contribution is -2.28. The van der Waals surface area contributed by atoms with Crippen molar-refractivity contribution in [3.63, 3.8) is 0 Å². The van der Waals surface area contributed by atoms with E-state index >= 15 is 0 Å². The molecule has 1 heterocycles. The minimum Gasteiger partial charge on any atom is -0.460 e. The Morgan fingerprint density at radius 1 is 1.50 bits per heavy atom. The quantitative estimate of drug-likeness (QED) is 0.438. The van der Waals surface area contributed by atoms with Crippen LogP contribution >= 0.6 is 0 Å². The zero-order chi connectivity index (χ0) is 10.6. The number of carbonyl (C=O) groups excluding carboxylic acids is 1. The number of ether oxygens (including phenoxy) is 1. The molecule has 80 valence electrons. The molecule has 0 fully saturated rings. The van der Waals surface area contributed by atoms with Crippen LogP contribution in [0.5, 0.6) is 0 Å². The Balaban J connectivity index is 2.62. The maximum absolute atomic E-state index is 11.1. The third-order valence-electron chi connectivity index (χ3n) is 2.22. The molecule has 4 heteroatoms. The first-order valence-corrected chi connectivity index (χ1v) is 4.82. The molecule has 0 bridgehead atoms. The number of cyclic esters (lactones) is 1. The summed E-state index contributed by atoms with van der Waals surface area (Å²) in [6.45, 7) is 1.64. The van der Waals surface area contributed by atoms with Gasteiger partial charge in [0, 0.05) is 6.42 Å². The predicted octanol–water partition coefficient (Wildman–Crippen LogP) is 0.380. The number of aliphatic hydroxyl groups is 2. The topological polar surface area (TPSA) is 66.8 Å². The van der Waals surface area contributed by atoms with Crippen molar-refractivity contribution < 1.29 is 19.7 Å². The minimum absolute atomic E-state index is 0.200. The first kappa shape index (κ1) is 11.2. The summed E-state index contributed by atoms with van der Waals surface area (Å²) in [4.78, 5) is 11.1. The summed E-state index contributed by atoms with van der Waals surface area (Å²) in [5.74, 6) is -0.370. The summed E-state index contributed by atoms with van der Waals surface area (Å²) in [6, 6.07) is 0. The van der Waals surface area contributed by atoms with Crippen LogP contribution in [0, 0.1) is 0 Å². The monoisotopic (exact) mass is 200 g/mol. The lowest BCUT2D eigenvalue weighted by Gasteiger charge is -2.18. The van der Waals surface area contributed by atoms with Gasteiger partial charge in [-0.15, -0.1) is 0 Å².